The van der Waals surface area contributed by atoms with E-state index in [1.165, 1.54) is 6.20 Å². The monoisotopic (exact) mass is 382 g/mol. The number of hydrogen-bond acceptors (Lipinski definition) is 6. The summed E-state index contributed by atoms with van der Waals surface area (Å²) in [6.07, 6.45) is 1.29. The van der Waals surface area contributed by atoms with Crippen LogP contribution < -0.4 is 10.6 Å². The van der Waals surface area contributed by atoms with Gasteiger partial charge in [-0.1, -0.05) is 48.0 Å². The molecule has 27 heavy (non-hydrogen) atoms. The number of anilines is 2. The average Bonchev–Trinajstić information content (AvgIpc) is 2.67. The molecule has 2 aromatic carbocycles. The van der Waals surface area contributed by atoms with Gasteiger partial charge in [-0.05, 0) is 31.5 Å². The van der Waals surface area contributed by atoms with Crippen LogP contribution in [0.5, 0.6) is 0 Å². The van der Waals surface area contributed by atoms with Crippen molar-refractivity contribution in [1.29, 1.82) is 0 Å². The van der Waals surface area contributed by atoms with Crippen LogP contribution in [0.15, 0.2) is 70.6 Å². The Morgan fingerprint density at radius 3 is 2.30 bits per heavy atom. The van der Waals surface area contributed by atoms with Crippen molar-refractivity contribution in [2.24, 2.45) is 0 Å². The smallest absolute Gasteiger partial charge is 0.227 e. The predicted octanol–water partition coefficient (Wildman–Crippen LogP) is 3.23. The second-order valence-corrected chi connectivity index (χ2v) is 8.15. The quantitative estimate of drug-likeness (QED) is 0.704. The van der Waals surface area contributed by atoms with Crippen LogP contribution in [0.1, 0.15) is 18.1 Å². The summed E-state index contributed by atoms with van der Waals surface area (Å²) in [6.45, 7) is 5.16. The van der Waals surface area contributed by atoms with E-state index >= 15 is 0 Å². The predicted molar refractivity (Wildman–Crippen MR) is 106 cm³/mol. The number of aryl methyl sites for hydroxylation is 1. The van der Waals surface area contributed by atoms with Gasteiger partial charge in [0, 0.05) is 13.1 Å². The zero-order valence-electron chi connectivity index (χ0n) is 15.3. The lowest BCUT2D eigenvalue weighted by Crippen LogP contribution is -2.25. The molecule has 3 aromatic rings. The largest absolute Gasteiger partial charge is 0.382 e. The van der Waals surface area contributed by atoms with Crippen LogP contribution in [0, 0.1) is 6.92 Å². The number of nitrogen functional groups attached to an aromatic ring is 1. The van der Waals surface area contributed by atoms with E-state index in [4.69, 9.17) is 5.73 Å². The highest BCUT2D eigenvalue weighted by Gasteiger charge is 2.23. The van der Waals surface area contributed by atoms with E-state index in [0.717, 1.165) is 11.1 Å². The second kappa shape index (κ2) is 7.75. The summed E-state index contributed by atoms with van der Waals surface area (Å²) < 4.78 is 25.7. The Balaban J connectivity index is 1.91. The lowest BCUT2D eigenvalue weighted by Gasteiger charge is -2.21. The Morgan fingerprint density at radius 2 is 1.70 bits per heavy atom. The zero-order valence-corrected chi connectivity index (χ0v) is 16.1. The normalized spacial score (nSPS) is 11.3. The highest BCUT2D eigenvalue weighted by atomic mass is 32.2. The second-order valence-electron chi connectivity index (χ2n) is 6.24. The molecule has 0 aliphatic carbocycles. The fraction of sp³-hybridized carbons (Fsp3) is 0.200. The third-order valence-electron chi connectivity index (χ3n) is 4.27. The summed E-state index contributed by atoms with van der Waals surface area (Å²) >= 11 is 0. The van der Waals surface area contributed by atoms with Crippen molar-refractivity contribution in [3.63, 3.8) is 0 Å². The fourth-order valence-corrected chi connectivity index (χ4v) is 3.97. The van der Waals surface area contributed by atoms with E-state index < -0.39 is 9.84 Å². The average molecular weight is 382 g/mol. The first-order valence-corrected chi connectivity index (χ1v) is 10.1. The maximum atomic E-state index is 12.8. The van der Waals surface area contributed by atoms with Crippen molar-refractivity contribution in [2.75, 3.05) is 17.2 Å². The maximum Gasteiger partial charge on any atom is 0.227 e. The van der Waals surface area contributed by atoms with Crippen LogP contribution in [0.25, 0.3) is 0 Å². The highest BCUT2D eigenvalue weighted by molar-refractivity contribution is 7.91. The third kappa shape index (κ3) is 4.09. The number of aromatic nitrogens is 2. The zero-order chi connectivity index (χ0) is 19.4. The Bertz CT molecular complexity index is 1020. The summed E-state index contributed by atoms with van der Waals surface area (Å²) in [5, 5.41) is 0. The first-order valence-electron chi connectivity index (χ1n) is 8.65. The van der Waals surface area contributed by atoms with E-state index in [1.54, 1.807) is 24.3 Å². The summed E-state index contributed by atoms with van der Waals surface area (Å²) in [7, 11) is -3.76. The van der Waals surface area contributed by atoms with Crippen molar-refractivity contribution >= 4 is 21.6 Å². The molecule has 6 nitrogen and oxygen atoms in total. The summed E-state index contributed by atoms with van der Waals surface area (Å²) in [5.74, 6) is 0.355. The molecular weight excluding hydrogens is 360 g/mol. The topological polar surface area (TPSA) is 89.2 Å². The van der Waals surface area contributed by atoms with Crippen molar-refractivity contribution in [3.8, 4) is 0 Å². The first-order chi connectivity index (χ1) is 12.9. The molecule has 3 rings (SSSR count). The molecule has 0 saturated carbocycles. The Labute approximate surface area is 159 Å². The van der Waals surface area contributed by atoms with Gasteiger partial charge < -0.3 is 10.6 Å². The van der Waals surface area contributed by atoms with Crippen molar-refractivity contribution < 1.29 is 8.42 Å². The van der Waals surface area contributed by atoms with Gasteiger partial charge in [0.15, 0.2) is 0 Å². The number of rotatable bonds is 6. The minimum absolute atomic E-state index is 0.0490. The molecule has 0 radical (unpaired) electrons. The van der Waals surface area contributed by atoms with Gasteiger partial charge in [0.25, 0.3) is 0 Å². The van der Waals surface area contributed by atoms with Gasteiger partial charge in [-0.25, -0.2) is 13.4 Å². The number of benzene rings is 2. The lowest BCUT2D eigenvalue weighted by molar-refractivity contribution is 0.595. The molecule has 0 unspecified atom stereocenters. The number of sulfone groups is 1. The molecule has 0 aliphatic rings. The first kappa shape index (κ1) is 18.8. The van der Waals surface area contributed by atoms with Crippen LogP contribution in [-0.2, 0) is 16.4 Å². The lowest BCUT2D eigenvalue weighted by atomic mass is 10.2. The van der Waals surface area contributed by atoms with E-state index in [2.05, 4.69) is 9.97 Å². The highest BCUT2D eigenvalue weighted by Crippen LogP contribution is 2.26. The van der Waals surface area contributed by atoms with Gasteiger partial charge in [0.2, 0.25) is 15.8 Å². The van der Waals surface area contributed by atoms with Gasteiger partial charge >= 0.3 is 0 Å². The summed E-state index contributed by atoms with van der Waals surface area (Å²) in [4.78, 5) is 10.6. The van der Waals surface area contributed by atoms with Gasteiger partial charge in [0.1, 0.15) is 10.7 Å². The van der Waals surface area contributed by atoms with Crippen LogP contribution in [-0.4, -0.2) is 24.9 Å². The summed E-state index contributed by atoms with van der Waals surface area (Å²) in [6, 6.07) is 16.5. The summed E-state index contributed by atoms with van der Waals surface area (Å²) in [5.41, 5.74) is 8.09. The molecule has 0 spiro atoms. The van der Waals surface area contributed by atoms with Crippen LogP contribution in [0.3, 0.4) is 0 Å². The molecule has 0 bridgehead atoms. The molecule has 1 aromatic heterocycles. The standard InChI is InChI=1S/C20H22N4O2S/c1-3-24(14-16-7-5-4-6-8-16)20-22-13-18(19(21)23-20)27(25,26)17-11-9-15(2)10-12-17/h4-13H,3,14H2,1-2H3,(H2,21,22,23). The van der Waals surface area contributed by atoms with E-state index in [-0.39, 0.29) is 15.6 Å². The number of hydrogen-bond donors (Lipinski definition) is 1. The Morgan fingerprint density at radius 1 is 1.04 bits per heavy atom. The molecule has 140 valence electrons. The molecule has 0 aliphatic heterocycles. The third-order valence-corrected chi connectivity index (χ3v) is 6.06. The molecule has 1 heterocycles. The van der Waals surface area contributed by atoms with Gasteiger partial charge in [0.05, 0.1) is 11.1 Å². The van der Waals surface area contributed by atoms with Gasteiger partial charge in [-0.2, -0.15) is 4.98 Å². The number of nitrogens with two attached hydrogens (primary N) is 1. The molecule has 0 fully saturated rings. The van der Waals surface area contributed by atoms with Crippen LogP contribution in [0.2, 0.25) is 0 Å². The van der Waals surface area contributed by atoms with Gasteiger partial charge in [-0.15, -0.1) is 0 Å². The van der Waals surface area contributed by atoms with E-state index in [9.17, 15) is 8.42 Å². The number of nitrogens with zero attached hydrogens (tertiary/aromatic N) is 3. The van der Waals surface area contributed by atoms with Crippen molar-refractivity contribution in [2.45, 2.75) is 30.2 Å². The van der Waals surface area contributed by atoms with E-state index in [1.807, 2.05) is 49.1 Å². The fourth-order valence-electron chi connectivity index (χ4n) is 2.71. The molecular formula is C20H22N4O2S. The SMILES string of the molecule is CCN(Cc1ccccc1)c1ncc(S(=O)(=O)c2ccc(C)cc2)c(N)n1. The minimum Gasteiger partial charge on any atom is -0.382 e. The molecule has 2 N–H and O–H groups in total. The van der Waals surface area contributed by atoms with Crippen LogP contribution in [0.4, 0.5) is 11.8 Å². The van der Waals surface area contributed by atoms with Gasteiger partial charge in [-0.3, -0.25) is 0 Å². The van der Waals surface area contributed by atoms with E-state index in [0.29, 0.717) is 19.0 Å². The molecule has 0 atom stereocenters. The van der Waals surface area contributed by atoms with Crippen molar-refractivity contribution in [1.82, 2.24) is 9.97 Å². The molecule has 0 amide bonds. The van der Waals surface area contributed by atoms with Crippen LogP contribution >= 0.6 is 0 Å². The maximum absolute atomic E-state index is 12.8. The molecule has 0 saturated heterocycles. The Kier molecular flexibility index (Phi) is 5.41. The Hall–Kier alpha value is -2.93. The van der Waals surface area contributed by atoms with Crippen molar-refractivity contribution in [3.05, 3.63) is 71.9 Å². The minimum atomic E-state index is -3.76. The molecule has 7 heteroatoms.